The largest absolute Gasteiger partial charge is 0.456 e. The number of para-hydroxylation sites is 1. The van der Waals surface area contributed by atoms with Gasteiger partial charge in [0.2, 0.25) is 0 Å². The quantitative estimate of drug-likeness (QED) is 0.186. The first kappa shape index (κ1) is 29.0. The second-order valence-corrected chi connectivity index (χ2v) is 12.9. The molecule has 0 aliphatic carbocycles. The fourth-order valence-corrected chi connectivity index (χ4v) is 7.11. The first-order valence-corrected chi connectivity index (χ1v) is 17.1. The zero-order valence-corrected chi connectivity index (χ0v) is 27.5. The van der Waals surface area contributed by atoms with E-state index in [1.54, 1.807) is 0 Å². The van der Waals surface area contributed by atoms with Gasteiger partial charge in [-0.1, -0.05) is 146 Å². The van der Waals surface area contributed by atoms with E-state index in [9.17, 15) is 0 Å². The van der Waals surface area contributed by atoms with Gasteiger partial charge in [-0.3, -0.25) is 0 Å². The molecular weight excluding hydrogens is 623 g/mol. The van der Waals surface area contributed by atoms with Gasteiger partial charge >= 0.3 is 0 Å². The summed E-state index contributed by atoms with van der Waals surface area (Å²) in [4.78, 5) is 15.3. The Balaban J connectivity index is 1.10. The average molecular weight is 652 g/mol. The molecule has 0 saturated carbocycles. The highest BCUT2D eigenvalue weighted by molar-refractivity contribution is 6.12. The molecule has 0 saturated heterocycles. The summed E-state index contributed by atoms with van der Waals surface area (Å²) < 4.78 is 6.21. The van der Waals surface area contributed by atoms with Crippen LogP contribution in [0.5, 0.6) is 0 Å². The van der Waals surface area contributed by atoms with Crippen molar-refractivity contribution in [3.05, 3.63) is 176 Å². The minimum absolute atomic E-state index is 0.618. The Bertz CT molecular complexity index is 2920. The molecule has 0 spiro atoms. The number of fused-ring (bicyclic) bond motifs is 5. The molecule has 10 aromatic rings. The van der Waals surface area contributed by atoms with Crippen molar-refractivity contribution in [3.8, 4) is 56.4 Å². The highest BCUT2D eigenvalue weighted by atomic mass is 16.3. The highest BCUT2D eigenvalue weighted by Gasteiger charge is 2.16. The Labute approximate surface area is 294 Å². The third-order valence-electron chi connectivity index (χ3n) is 9.70. The number of rotatable bonds is 5. The molecule has 0 bridgehead atoms. The van der Waals surface area contributed by atoms with Gasteiger partial charge in [-0.2, -0.15) is 0 Å². The normalized spacial score (nSPS) is 11.5. The van der Waals surface area contributed by atoms with Crippen LogP contribution in [0, 0.1) is 0 Å². The third-order valence-corrected chi connectivity index (χ3v) is 9.70. The van der Waals surface area contributed by atoms with Gasteiger partial charge in [0.25, 0.3) is 0 Å². The van der Waals surface area contributed by atoms with Crippen molar-refractivity contribution >= 4 is 43.5 Å². The molecule has 4 heteroatoms. The molecule has 2 aromatic heterocycles. The van der Waals surface area contributed by atoms with Crippen LogP contribution >= 0.6 is 0 Å². The summed E-state index contributed by atoms with van der Waals surface area (Å²) in [6, 6.07) is 61.2. The maximum absolute atomic E-state index is 6.21. The highest BCUT2D eigenvalue weighted by Crippen LogP contribution is 2.38. The van der Waals surface area contributed by atoms with E-state index in [1.165, 1.54) is 21.7 Å². The molecule has 238 valence electrons. The first-order valence-electron chi connectivity index (χ1n) is 17.1. The number of benzene rings is 8. The van der Waals surface area contributed by atoms with Gasteiger partial charge in [-0.05, 0) is 74.1 Å². The van der Waals surface area contributed by atoms with Crippen molar-refractivity contribution in [2.75, 3.05) is 0 Å². The molecule has 0 N–H and O–H groups in total. The van der Waals surface area contributed by atoms with Gasteiger partial charge in [0.1, 0.15) is 11.2 Å². The van der Waals surface area contributed by atoms with E-state index in [1.807, 2.05) is 24.3 Å². The Morgan fingerprint density at radius 2 is 0.824 bits per heavy atom. The van der Waals surface area contributed by atoms with Gasteiger partial charge in [0.05, 0.1) is 0 Å². The Hall–Kier alpha value is -6.91. The van der Waals surface area contributed by atoms with Gasteiger partial charge in [-0.25, -0.2) is 15.0 Å². The van der Waals surface area contributed by atoms with Crippen molar-refractivity contribution in [1.29, 1.82) is 0 Å². The minimum atomic E-state index is 0.618. The topological polar surface area (TPSA) is 51.8 Å². The van der Waals surface area contributed by atoms with Crippen LogP contribution < -0.4 is 0 Å². The number of aromatic nitrogens is 3. The van der Waals surface area contributed by atoms with Crippen molar-refractivity contribution in [2.24, 2.45) is 0 Å². The Kier molecular flexibility index (Phi) is 6.78. The number of nitrogens with zero attached hydrogens (tertiary/aromatic N) is 3. The van der Waals surface area contributed by atoms with Gasteiger partial charge in [0, 0.05) is 27.5 Å². The number of furan rings is 1. The summed E-state index contributed by atoms with van der Waals surface area (Å²) in [6.07, 6.45) is 0. The van der Waals surface area contributed by atoms with Crippen molar-refractivity contribution in [3.63, 3.8) is 0 Å². The Morgan fingerprint density at radius 1 is 0.314 bits per heavy atom. The molecular formula is C47H29N3O. The lowest BCUT2D eigenvalue weighted by Gasteiger charge is -2.11. The monoisotopic (exact) mass is 651 g/mol. The van der Waals surface area contributed by atoms with Crippen molar-refractivity contribution in [2.45, 2.75) is 0 Å². The predicted octanol–water partition coefficient (Wildman–Crippen LogP) is 12.4. The van der Waals surface area contributed by atoms with Crippen LogP contribution in [0.15, 0.2) is 180 Å². The fourth-order valence-electron chi connectivity index (χ4n) is 7.11. The fraction of sp³-hybridized carbons (Fsp3) is 0. The van der Waals surface area contributed by atoms with Gasteiger partial charge in [-0.15, -0.1) is 0 Å². The summed E-state index contributed by atoms with van der Waals surface area (Å²) in [5.74, 6) is 1.88. The van der Waals surface area contributed by atoms with E-state index >= 15 is 0 Å². The zero-order chi connectivity index (χ0) is 33.7. The second-order valence-electron chi connectivity index (χ2n) is 12.9. The number of hydrogen-bond acceptors (Lipinski definition) is 4. The molecule has 10 rings (SSSR count). The summed E-state index contributed by atoms with van der Waals surface area (Å²) in [6.45, 7) is 0. The molecule has 0 radical (unpaired) electrons. The van der Waals surface area contributed by atoms with E-state index < -0.39 is 0 Å². The molecule has 8 aromatic carbocycles. The summed E-state index contributed by atoms with van der Waals surface area (Å²) >= 11 is 0. The maximum Gasteiger partial charge on any atom is 0.164 e. The molecule has 0 atom stereocenters. The van der Waals surface area contributed by atoms with Crippen molar-refractivity contribution in [1.82, 2.24) is 15.0 Å². The maximum atomic E-state index is 6.21. The van der Waals surface area contributed by atoms with E-state index in [0.29, 0.717) is 17.5 Å². The van der Waals surface area contributed by atoms with Crippen LogP contribution in [0.1, 0.15) is 0 Å². The smallest absolute Gasteiger partial charge is 0.164 e. The standard InChI is InChI=1S/C47H29N3O/c1-3-11-34-27-36(25-21-30(34)9-1)32-19-23-33(24-20-32)45-48-46(50-47(49-45)39-26-22-31-10-2-4-12-35(31)28-39)38-14-7-13-37(29-38)40-16-8-18-43-44(40)41-15-5-6-17-42(41)51-43/h1-29H. The zero-order valence-electron chi connectivity index (χ0n) is 27.5. The van der Waals surface area contributed by atoms with E-state index in [2.05, 4.69) is 152 Å². The molecule has 0 aliphatic heterocycles. The van der Waals surface area contributed by atoms with Crippen LogP contribution in [0.2, 0.25) is 0 Å². The lowest BCUT2D eigenvalue weighted by molar-refractivity contribution is 0.669. The van der Waals surface area contributed by atoms with Crippen LogP contribution in [0.3, 0.4) is 0 Å². The lowest BCUT2D eigenvalue weighted by atomic mass is 9.97. The van der Waals surface area contributed by atoms with Crippen molar-refractivity contribution < 1.29 is 4.42 Å². The summed E-state index contributed by atoms with van der Waals surface area (Å²) in [7, 11) is 0. The summed E-state index contributed by atoms with van der Waals surface area (Å²) in [5.41, 5.74) is 9.01. The molecule has 2 heterocycles. The Morgan fingerprint density at radius 3 is 1.57 bits per heavy atom. The summed E-state index contributed by atoms with van der Waals surface area (Å²) in [5, 5.41) is 6.97. The molecule has 0 fully saturated rings. The molecule has 4 nitrogen and oxygen atoms in total. The third kappa shape index (κ3) is 5.22. The van der Waals surface area contributed by atoms with Crippen LogP contribution in [0.4, 0.5) is 0 Å². The van der Waals surface area contributed by atoms with Crippen LogP contribution in [-0.4, -0.2) is 15.0 Å². The SMILES string of the molecule is c1cc(-c2nc(-c3ccc(-c4ccc5ccccc5c4)cc3)nc(-c3ccc4ccccc4c3)n2)cc(-c2cccc3oc4ccccc4c23)c1. The van der Waals surface area contributed by atoms with Crippen LogP contribution in [-0.2, 0) is 0 Å². The minimum Gasteiger partial charge on any atom is -0.456 e. The van der Waals surface area contributed by atoms with Crippen LogP contribution in [0.25, 0.3) is 99.9 Å². The molecule has 0 aliphatic rings. The molecule has 0 amide bonds. The predicted molar refractivity (Wildman–Crippen MR) is 209 cm³/mol. The van der Waals surface area contributed by atoms with E-state index in [4.69, 9.17) is 19.4 Å². The van der Waals surface area contributed by atoms with E-state index in [-0.39, 0.29) is 0 Å². The number of hydrogen-bond donors (Lipinski definition) is 0. The molecule has 51 heavy (non-hydrogen) atoms. The lowest BCUT2D eigenvalue weighted by Crippen LogP contribution is -2.00. The van der Waals surface area contributed by atoms with Gasteiger partial charge in [0.15, 0.2) is 17.5 Å². The van der Waals surface area contributed by atoms with Gasteiger partial charge < -0.3 is 4.42 Å². The van der Waals surface area contributed by atoms with E-state index in [0.717, 1.165) is 60.7 Å². The second kappa shape index (κ2) is 11.9. The first-order chi connectivity index (χ1) is 25.2. The molecule has 0 unspecified atom stereocenters. The average Bonchev–Trinajstić information content (AvgIpc) is 3.59.